The molecule has 2 aliphatic rings. The van der Waals surface area contributed by atoms with Gasteiger partial charge in [-0.1, -0.05) is 0 Å². The van der Waals surface area contributed by atoms with Crippen LogP contribution in [0.4, 0.5) is 4.39 Å². The largest absolute Gasteiger partial charge is 0.481 e. The maximum absolute atomic E-state index is 13.4. The third-order valence-electron chi connectivity index (χ3n) is 4.75. The van der Waals surface area contributed by atoms with Gasteiger partial charge in [-0.25, -0.2) is 12.8 Å². The van der Waals surface area contributed by atoms with E-state index in [9.17, 15) is 22.7 Å². The van der Waals surface area contributed by atoms with Gasteiger partial charge in [0.25, 0.3) is 0 Å². The minimum atomic E-state index is -3.82. The standard InChI is InChI=1S/C15H18FNO4S/c1-8-5-10(16)6-9(2)14(8)22(20,21)17-11-3-4-13(17)12(7-11)15(18)19/h5-6,11-13H,3-4,7H2,1-2H3,(H,18,19). The van der Waals surface area contributed by atoms with E-state index < -0.39 is 33.8 Å². The highest BCUT2D eigenvalue weighted by molar-refractivity contribution is 7.89. The lowest BCUT2D eigenvalue weighted by Gasteiger charge is -2.24. The number of aryl methyl sites for hydroxylation is 2. The molecule has 5 nitrogen and oxygen atoms in total. The second-order valence-electron chi connectivity index (χ2n) is 6.18. The van der Waals surface area contributed by atoms with Gasteiger partial charge in [0.15, 0.2) is 0 Å². The summed E-state index contributed by atoms with van der Waals surface area (Å²) in [5, 5.41) is 9.26. The lowest BCUT2D eigenvalue weighted by Crippen LogP contribution is -2.38. The molecule has 0 amide bonds. The highest BCUT2D eigenvalue weighted by Crippen LogP contribution is 2.45. The summed E-state index contributed by atoms with van der Waals surface area (Å²) < 4.78 is 40.8. The van der Waals surface area contributed by atoms with Crippen LogP contribution in [0.2, 0.25) is 0 Å². The molecule has 2 fully saturated rings. The lowest BCUT2D eigenvalue weighted by atomic mass is 9.89. The van der Waals surface area contributed by atoms with Crippen LogP contribution >= 0.6 is 0 Å². The van der Waals surface area contributed by atoms with E-state index in [1.54, 1.807) is 13.8 Å². The summed E-state index contributed by atoms with van der Waals surface area (Å²) in [6.07, 6.45) is 1.62. The highest BCUT2D eigenvalue weighted by atomic mass is 32.2. The molecule has 0 spiro atoms. The van der Waals surface area contributed by atoms with Gasteiger partial charge in [0, 0.05) is 12.1 Å². The van der Waals surface area contributed by atoms with E-state index in [-0.39, 0.29) is 10.9 Å². The number of halogens is 1. The Kier molecular flexibility index (Phi) is 3.52. The SMILES string of the molecule is Cc1cc(F)cc(C)c1S(=O)(=O)N1C2CCC1C(C(=O)O)C2. The third-order valence-corrected chi connectivity index (χ3v) is 7.03. The van der Waals surface area contributed by atoms with Crippen LogP contribution in [-0.4, -0.2) is 35.9 Å². The second-order valence-corrected chi connectivity index (χ2v) is 7.96. The summed E-state index contributed by atoms with van der Waals surface area (Å²) in [5.74, 6) is -2.06. The van der Waals surface area contributed by atoms with Gasteiger partial charge >= 0.3 is 5.97 Å². The highest BCUT2D eigenvalue weighted by Gasteiger charge is 2.54. The summed E-state index contributed by atoms with van der Waals surface area (Å²) in [4.78, 5) is 11.4. The van der Waals surface area contributed by atoms with E-state index in [0.29, 0.717) is 30.4 Å². The monoisotopic (exact) mass is 327 g/mol. The van der Waals surface area contributed by atoms with Crippen molar-refractivity contribution in [3.8, 4) is 0 Å². The fraction of sp³-hybridized carbons (Fsp3) is 0.533. The van der Waals surface area contributed by atoms with Gasteiger partial charge in [0.2, 0.25) is 10.0 Å². The summed E-state index contributed by atoms with van der Waals surface area (Å²) >= 11 is 0. The van der Waals surface area contributed by atoms with Crippen molar-refractivity contribution in [1.82, 2.24) is 4.31 Å². The maximum Gasteiger partial charge on any atom is 0.308 e. The molecule has 1 aromatic rings. The Balaban J connectivity index is 2.07. The van der Waals surface area contributed by atoms with Gasteiger partial charge in [0.1, 0.15) is 5.82 Å². The molecule has 3 rings (SSSR count). The van der Waals surface area contributed by atoms with Crippen molar-refractivity contribution in [1.29, 1.82) is 0 Å². The van der Waals surface area contributed by atoms with Crippen LogP contribution in [0.1, 0.15) is 30.4 Å². The zero-order chi connectivity index (χ0) is 16.2. The Hall–Kier alpha value is -1.47. The number of nitrogens with zero attached hydrogens (tertiary/aromatic N) is 1. The average Bonchev–Trinajstić information content (AvgIpc) is 2.94. The first-order valence-corrected chi connectivity index (χ1v) is 8.70. The molecule has 3 atom stereocenters. The molecule has 2 saturated heterocycles. The van der Waals surface area contributed by atoms with Crippen molar-refractivity contribution < 1.29 is 22.7 Å². The van der Waals surface area contributed by atoms with Crippen LogP contribution in [-0.2, 0) is 14.8 Å². The van der Waals surface area contributed by atoms with Crippen LogP contribution < -0.4 is 0 Å². The first-order chi connectivity index (χ1) is 10.2. The third kappa shape index (κ3) is 2.14. The number of rotatable bonds is 3. The van der Waals surface area contributed by atoms with Gasteiger partial charge in [-0.15, -0.1) is 0 Å². The Bertz CT molecular complexity index is 723. The van der Waals surface area contributed by atoms with Crippen molar-refractivity contribution in [3.63, 3.8) is 0 Å². The first-order valence-electron chi connectivity index (χ1n) is 7.26. The number of fused-ring (bicyclic) bond motifs is 2. The van der Waals surface area contributed by atoms with E-state index >= 15 is 0 Å². The van der Waals surface area contributed by atoms with Crippen LogP contribution in [0.3, 0.4) is 0 Å². The molecule has 7 heteroatoms. The molecule has 120 valence electrons. The second kappa shape index (κ2) is 5.03. The zero-order valence-corrected chi connectivity index (χ0v) is 13.2. The number of sulfonamides is 1. The molecule has 0 aliphatic carbocycles. The van der Waals surface area contributed by atoms with Gasteiger partial charge in [-0.2, -0.15) is 4.31 Å². The molecule has 3 unspecified atom stereocenters. The topological polar surface area (TPSA) is 74.7 Å². The summed E-state index contributed by atoms with van der Waals surface area (Å²) in [7, 11) is -3.82. The Morgan fingerprint density at radius 3 is 2.36 bits per heavy atom. The van der Waals surface area contributed by atoms with E-state index in [1.165, 1.54) is 16.4 Å². The minimum Gasteiger partial charge on any atom is -0.481 e. The van der Waals surface area contributed by atoms with Crippen LogP contribution in [0.25, 0.3) is 0 Å². The summed E-state index contributed by atoms with van der Waals surface area (Å²) in [6, 6.07) is 1.65. The minimum absolute atomic E-state index is 0.108. The molecule has 0 saturated carbocycles. The van der Waals surface area contributed by atoms with Crippen molar-refractivity contribution in [2.24, 2.45) is 5.92 Å². The molecule has 0 radical (unpaired) electrons. The first kappa shape index (κ1) is 15.4. The number of benzene rings is 1. The number of aliphatic carboxylic acids is 1. The van der Waals surface area contributed by atoms with Crippen molar-refractivity contribution in [2.75, 3.05) is 0 Å². The van der Waals surface area contributed by atoms with Crippen molar-refractivity contribution in [3.05, 3.63) is 29.1 Å². The van der Waals surface area contributed by atoms with E-state index in [4.69, 9.17) is 0 Å². The van der Waals surface area contributed by atoms with Gasteiger partial charge in [-0.3, -0.25) is 4.79 Å². The number of carbonyl (C=O) groups is 1. The molecule has 2 heterocycles. The Morgan fingerprint density at radius 2 is 1.86 bits per heavy atom. The number of hydrogen-bond donors (Lipinski definition) is 1. The Labute approximate surface area is 128 Å². The predicted octanol–water partition coefficient (Wildman–Crippen LogP) is 2.07. The quantitative estimate of drug-likeness (QED) is 0.922. The average molecular weight is 327 g/mol. The maximum atomic E-state index is 13.4. The number of carboxylic acids is 1. The molecule has 2 aliphatic heterocycles. The molecule has 22 heavy (non-hydrogen) atoms. The van der Waals surface area contributed by atoms with Crippen molar-refractivity contribution >= 4 is 16.0 Å². The van der Waals surface area contributed by atoms with Gasteiger partial charge < -0.3 is 5.11 Å². The van der Waals surface area contributed by atoms with E-state index in [0.717, 1.165) is 0 Å². The van der Waals surface area contributed by atoms with E-state index in [2.05, 4.69) is 0 Å². The van der Waals surface area contributed by atoms with E-state index in [1.807, 2.05) is 0 Å². The predicted molar refractivity (Wildman–Crippen MR) is 77.5 cm³/mol. The fourth-order valence-corrected chi connectivity index (χ4v) is 6.32. The molecule has 0 aromatic heterocycles. The molecular formula is C15H18FNO4S. The lowest BCUT2D eigenvalue weighted by molar-refractivity contribution is -0.142. The summed E-state index contributed by atoms with van der Waals surface area (Å²) in [6.45, 7) is 3.13. The fourth-order valence-electron chi connectivity index (χ4n) is 3.99. The molecule has 1 aromatic carbocycles. The smallest absolute Gasteiger partial charge is 0.308 e. The molecule has 1 N–H and O–H groups in total. The van der Waals surface area contributed by atoms with Crippen LogP contribution in [0.15, 0.2) is 17.0 Å². The molecular weight excluding hydrogens is 309 g/mol. The number of hydrogen-bond acceptors (Lipinski definition) is 3. The van der Waals surface area contributed by atoms with Gasteiger partial charge in [-0.05, 0) is 56.4 Å². The summed E-state index contributed by atoms with van der Waals surface area (Å²) in [5.41, 5.74) is 0.714. The normalized spacial score (nSPS) is 28.2. The Morgan fingerprint density at radius 1 is 1.27 bits per heavy atom. The number of carboxylic acid groups (broad SMARTS) is 1. The zero-order valence-electron chi connectivity index (χ0n) is 12.4. The molecule has 2 bridgehead atoms. The van der Waals surface area contributed by atoms with Crippen LogP contribution in [0, 0.1) is 25.6 Å². The van der Waals surface area contributed by atoms with Crippen LogP contribution in [0.5, 0.6) is 0 Å². The van der Waals surface area contributed by atoms with Gasteiger partial charge in [0.05, 0.1) is 10.8 Å². The van der Waals surface area contributed by atoms with Crippen molar-refractivity contribution in [2.45, 2.75) is 50.1 Å².